The molecule has 3 heteroatoms. The fourth-order valence-corrected chi connectivity index (χ4v) is 4.09. The molecule has 0 aliphatic carbocycles. The Bertz CT molecular complexity index is 809. The maximum atomic E-state index is 5.71. The predicted molar refractivity (Wildman–Crippen MR) is 92.0 cm³/mol. The molecule has 0 radical (unpaired) electrons. The Labute approximate surface area is 128 Å². The topological polar surface area (TPSA) is 18.5 Å². The Morgan fingerprint density at radius 1 is 0.762 bits per heavy atom. The number of hydrogen-bond acceptors (Lipinski definition) is 2. The third-order valence-electron chi connectivity index (χ3n) is 3.74. The van der Waals surface area contributed by atoms with Gasteiger partial charge in [0.05, 0.1) is 14.2 Å². The minimum atomic E-state index is 0.140. The molecule has 3 aromatic carbocycles. The van der Waals surface area contributed by atoms with Crippen LogP contribution in [0.3, 0.4) is 0 Å². The van der Waals surface area contributed by atoms with E-state index in [1.807, 2.05) is 6.07 Å². The molecule has 0 fully saturated rings. The van der Waals surface area contributed by atoms with Crippen molar-refractivity contribution in [3.05, 3.63) is 42.5 Å². The summed E-state index contributed by atoms with van der Waals surface area (Å²) in [6, 6.07) is 14.7. The fraction of sp³-hybridized carbons (Fsp3) is 0.222. The van der Waals surface area contributed by atoms with Crippen LogP contribution in [0.2, 0.25) is 0 Å². The standard InChI is InChI=1S/C18H19O2S/c1-19-12-9-10-14-16(11-12)18(21(3)4)15-8-6-5-7-13(15)17(14)20-2/h5-11H,1-4H3/q+1. The maximum absolute atomic E-state index is 5.71. The van der Waals surface area contributed by atoms with Crippen molar-refractivity contribution in [1.82, 2.24) is 0 Å². The van der Waals surface area contributed by atoms with Crippen LogP contribution in [-0.2, 0) is 10.9 Å². The van der Waals surface area contributed by atoms with Crippen molar-refractivity contribution in [1.29, 1.82) is 0 Å². The van der Waals surface area contributed by atoms with Crippen LogP contribution < -0.4 is 9.47 Å². The van der Waals surface area contributed by atoms with Crippen molar-refractivity contribution in [3.63, 3.8) is 0 Å². The summed E-state index contributed by atoms with van der Waals surface area (Å²) in [5.74, 6) is 1.82. The molecule has 3 rings (SSSR count). The van der Waals surface area contributed by atoms with Crippen LogP contribution in [0.4, 0.5) is 0 Å². The van der Waals surface area contributed by atoms with Crippen molar-refractivity contribution in [3.8, 4) is 11.5 Å². The largest absolute Gasteiger partial charge is 0.497 e. The molecule has 0 aliphatic heterocycles. The van der Waals surface area contributed by atoms with Crippen LogP contribution in [0.15, 0.2) is 47.4 Å². The van der Waals surface area contributed by atoms with Crippen LogP contribution >= 0.6 is 0 Å². The van der Waals surface area contributed by atoms with E-state index >= 15 is 0 Å². The predicted octanol–water partition coefficient (Wildman–Crippen LogP) is 4.25. The highest BCUT2D eigenvalue weighted by Gasteiger charge is 2.22. The lowest BCUT2D eigenvalue weighted by Crippen LogP contribution is -2.00. The first-order valence-corrected chi connectivity index (χ1v) is 8.85. The maximum Gasteiger partial charge on any atom is 0.170 e. The van der Waals surface area contributed by atoms with E-state index in [1.54, 1.807) is 14.2 Å². The van der Waals surface area contributed by atoms with Gasteiger partial charge in [-0.3, -0.25) is 0 Å². The van der Waals surface area contributed by atoms with Crippen LogP contribution in [0.25, 0.3) is 21.5 Å². The molecule has 0 unspecified atom stereocenters. The van der Waals surface area contributed by atoms with Gasteiger partial charge in [0.2, 0.25) is 0 Å². The van der Waals surface area contributed by atoms with Gasteiger partial charge in [-0.1, -0.05) is 18.2 Å². The molecule has 21 heavy (non-hydrogen) atoms. The number of fused-ring (bicyclic) bond motifs is 2. The second-order valence-electron chi connectivity index (χ2n) is 5.14. The van der Waals surface area contributed by atoms with Gasteiger partial charge in [0.25, 0.3) is 0 Å². The van der Waals surface area contributed by atoms with E-state index in [0.717, 1.165) is 16.9 Å². The third-order valence-corrected chi connectivity index (χ3v) is 5.00. The highest BCUT2D eigenvalue weighted by molar-refractivity contribution is 7.96. The van der Waals surface area contributed by atoms with Crippen LogP contribution in [0.1, 0.15) is 0 Å². The molecule has 0 spiro atoms. The lowest BCUT2D eigenvalue weighted by molar-refractivity contribution is 0.415. The van der Waals surface area contributed by atoms with Gasteiger partial charge in [-0.2, -0.15) is 0 Å². The van der Waals surface area contributed by atoms with Crippen molar-refractivity contribution >= 4 is 32.4 Å². The Kier molecular flexibility index (Phi) is 3.68. The molecule has 0 bridgehead atoms. The van der Waals surface area contributed by atoms with E-state index in [4.69, 9.17) is 9.47 Å². The number of methoxy groups -OCH3 is 2. The number of rotatable bonds is 3. The minimum Gasteiger partial charge on any atom is -0.497 e. The summed E-state index contributed by atoms with van der Waals surface area (Å²) in [6.07, 6.45) is 4.51. The van der Waals surface area contributed by atoms with E-state index in [-0.39, 0.29) is 10.9 Å². The van der Waals surface area contributed by atoms with Crippen molar-refractivity contribution < 1.29 is 9.47 Å². The SMILES string of the molecule is COc1ccc2c(OC)c3ccccc3c([S+](C)C)c2c1. The molecule has 0 saturated carbocycles. The lowest BCUT2D eigenvalue weighted by Gasteiger charge is -2.14. The van der Waals surface area contributed by atoms with Gasteiger partial charge in [-0.15, -0.1) is 0 Å². The summed E-state index contributed by atoms with van der Waals surface area (Å²) in [4.78, 5) is 1.38. The van der Waals surface area contributed by atoms with Crippen molar-refractivity contribution in [2.24, 2.45) is 0 Å². The Hall–Kier alpha value is -1.87. The number of ether oxygens (including phenoxy) is 2. The average molecular weight is 299 g/mol. The second-order valence-corrected chi connectivity index (χ2v) is 7.18. The summed E-state index contributed by atoms with van der Waals surface area (Å²) >= 11 is 0. The molecule has 0 saturated heterocycles. The monoisotopic (exact) mass is 299 g/mol. The highest BCUT2D eigenvalue weighted by atomic mass is 32.2. The van der Waals surface area contributed by atoms with Gasteiger partial charge in [0, 0.05) is 32.4 Å². The van der Waals surface area contributed by atoms with E-state index in [2.05, 4.69) is 48.9 Å². The summed E-state index contributed by atoms with van der Waals surface area (Å²) in [6.45, 7) is 0. The van der Waals surface area contributed by atoms with E-state index < -0.39 is 0 Å². The average Bonchev–Trinajstić information content (AvgIpc) is 2.51. The molecule has 0 heterocycles. The first-order chi connectivity index (χ1) is 10.2. The number of hydrogen-bond donors (Lipinski definition) is 0. The van der Waals surface area contributed by atoms with E-state index in [9.17, 15) is 0 Å². The van der Waals surface area contributed by atoms with Gasteiger partial charge >= 0.3 is 0 Å². The van der Waals surface area contributed by atoms with Gasteiger partial charge in [-0.05, 0) is 24.3 Å². The first-order valence-electron chi connectivity index (χ1n) is 6.81. The summed E-state index contributed by atoms with van der Waals surface area (Å²) in [5, 5.41) is 4.81. The summed E-state index contributed by atoms with van der Waals surface area (Å²) in [7, 11) is 3.58. The van der Waals surface area contributed by atoms with Gasteiger partial charge < -0.3 is 9.47 Å². The molecule has 0 N–H and O–H groups in total. The normalized spacial score (nSPS) is 11.3. The van der Waals surface area contributed by atoms with Gasteiger partial charge in [-0.25, -0.2) is 0 Å². The minimum absolute atomic E-state index is 0.140. The number of benzene rings is 3. The van der Waals surface area contributed by atoms with Crippen molar-refractivity contribution in [2.75, 3.05) is 26.7 Å². The van der Waals surface area contributed by atoms with E-state index in [0.29, 0.717) is 0 Å². The Morgan fingerprint density at radius 2 is 1.43 bits per heavy atom. The zero-order valence-corrected chi connectivity index (χ0v) is 13.6. The molecule has 0 aliphatic rings. The molecule has 2 nitrogen and oxygen atoms in total. The molecular formula is C18H19O2S+. The summed E-state index contributed by atoms with van der Waals surface area (Å²) in [5.41, 5.74) is 0. The second kappa shape index (κ2) is 5.49. The first kappa shape index (κ1) is 14.1. The zero-order valence-electron chi connectivity index (χ0n) is 12.8. The van der Waals surface area contributed by atoms with Crippen LogP contribution in [-0.4, -0.2) is 26.7 Å². The quantitative estimate of drug-likeness (QED) is 0.532. The smallest absolute Gasteiger partial charge is 0.170 e. The third kappa shape index (κ3) is 2.22. The molecule has 0 amide bonds. The van der Waals surface area contributed by atoms with Crippen LogP contribution in [0, 0.1) is 0 Å². The van der Waals surface area contributed by atoms with Crippen LogP contribution in [0.5, 0.6) is 11.5 Å². The Balaban J connectivity index is 2.56. The molecule has 3 aromatic rings. The fourth-order valence-electron chi connectivity index (χ4n) is 2.87. The van der Waals surface area contributed by atoms with E-state index in [1.165, 1.54) is 21.1 Å². The lowest BCUT2D eigenvalue weighted by atomic mass is 10.0. The molecule has 0 atom stereocenters. The van der Waals surface area contributed by atoms with Gasteiger partial charge in [0.15, 0.2) is 4.90 Å². The highest BCUT2D eigenvalue weighted by Crippen LogP contribution is 2.41. The van der Waals surface area contributed by atoms with Crippen molar-refractivity contribution in [2.45, 2.75) is 4.90 Å². The zero-order chi connectivity index (χ0) is 15.0. The summed E-state index contributed by atoms with van der Waals surface area (Å²) < 4.78 is 11.1. The molecule has 108 valence electrons. The Morgan fingerprint density at radius 3 is 2.05 bits per heavy atom. The van der Waals surface area contributed by atoms with Gasteiger partial charge in [0.1, 0.15) is 24.0 Å². The molecule has 0 aromatic heterocycles. The molecular weight excluding hydrogens is 280 g/mol.